The quantitative estimate of drug-likeness (QED) is 0.625. The van der Waals surface area contributed by atoms with E-state index in [0.29, 0.717) is 22.6 Å². The summed E-state index contributed by atoms with van der Waals surface area (Å²) in [4.78, 5) is 25.2. The zero-order valence-electron chi connectivity index (χ0n) is 15.0. The summed E-state index contributed by atoms with van der Waals surface area (Å²) in [6.45, 7) is 0. The molecule has 7 heteroatoms. The maximum Gasteiger partial charge on any atom is 0.256 e. The number of hydrogen-bond acceptors (Lipinski definition) is 4. The SMILES string of the molecule is CNC(=O)[C@@H](NC(=O)c1cn[nH]c1-c1cccc(OC)c1)c1ccccc1. The van der Waals surface area contributed by atoms with Crippen LogP contribution in [0.3, 0.4) is 0 Å². The lowest BCUT2D eigenvalue weighted by Crippen LogP contribution is -2.39. The highest BCUT2D eigenvalue weighted by Gasteiger charge is 2.24. The van der Waals surface area contributed by atoms with Crippen LogP contribution in [-0.2, 0) is 4.79 Å². The highest BCUT2D eigenvalue weighted by Crippen LogP contribution is 2.25. The van der Waals surface area contributed by atoms with Gasteiger partial charge in [0.1, 0.15) is 11.8 Å². The summed E-state index contributed by atoms with van der Waals surface area (Å²) in [6, 6.07) is 15.5. The molecular formula is C20H20N4O3. The molecule has 1 atom stereocenters. The first-order valence-corrected chi connectivity index (χ1v) is 8.39. The molecule has 1 heterocycles. The fraction of sp³-hybridized carbons (Fsp3) is 0.150. The third-order valence-electron chi connectivity index (χ3n) is 4.16. The average Bonchev–Trinajstić information content (AvgIpc) is 3.22. The van der Waals surface area contributed by atoms with Crippen LogP contribution in [0.4, 0.5) is 0 Å². The number of nitrogens with zero attached hydrogens (tertiary/aromatic N) is 1. The molecule has 3 rings (SSSR count). The molecule has 1 aromatic heterocycles. The fourth-order valence-electron chi connectivity index (χ4n) is 2.76. The smallest absolute Gasteiger partial charge is 0.256 e. The Morgan fingerprint density at radius 2 is 1.89 bits per heavy atom. The van der Waals surface area contributed by atoms with Gasteiger partial charge in [-0.05, 0) is 17.7 Å². The molecule has 138 valence electrons. The zero-order valence-corrected chi connectivity index (χ0v) is 15.0. The molecule has 3 N–H and O–H groups in total. The Morgan fingerprint density at radius 3 is 2.59 bits per heavy atom. The number of H-pyrrole nitrogens is 1. The minimum atomic E-state index is -0.809. The van der Waals surface area contributed by atoms with E-state index in [0.717, 1.165) is 5.56 Å². The predicted octanol–water partition coefficient (Wildman–Crippen LogP) is 2.30. The van der Waals surface area contributed by atoms with E-state index in [1.165, 1.54) is 13.2 Å². The normalized spacial score (nSPS) is 11.5. The van der Waals surface area contributed by atoms with Crippen molar-refractivity contribution in [1.29, 1.82) is 0 Å². The number of rotatable bonds is 6. The Labute approximate surface area is 156 Å². The number of aromatic nitrogens is 2. The Hall–Kier alpha value is -3.61. The van der Waals surface area contributed by atoms with E-state index in [4.69, 9.17) is 4.74 Å². The summed E-state index contributed by atoms with van der Waals surface area (Å²) in [7, 11) is 3.11. The molecule has 0 radical (unpaired) electrons. The van der Waals surface area contributed by atoms with Gasteiger partial charge in [0, 0.05) is 12.6 Å². The van der Waals surface area contributed by atoms with Crippen LogP contribution in [0, 0.1) is 0 Å². The van der Waals surface area contributed by atoms with Crippen LogP contribution >= 0.6 is 0 Å². The molecule has 0 aliphatic carbocycles. The first-order chi connectivity index (χ1) is 13.1. The lowest BCUT2D eigenvalue weighted by atomic mass is 10.0. The van der Waals surface area contributed by atoms with Crippen molar-refractivity contribution in [1.82, 2.24) is 20.8 Å². The molecule has 0 spiro atoms. The number of aromatic amines is 1. The van der Waals surface area contributed by atoms with Crippen LogP contribution in [-0.4, -0.2) is 36.2 Å². The van der Waals surface area contributed by atoms with Crippen LogP contribution in [0.25, 0.3) is 11.3 Å². The van der Waals surface area contributed by atoms with Crippen molar-refractivity contribution in [2.24, 2.45) is 0 Å². The number of carbonyl (C=O) groups excluding carboxylic acids is 2. The van der Waals surface area contributed by atoms with Gasteiger partial charge in [0.05, 0.1) is 24.6 Å². The minimum Gasteiger partial charge on any atom is -0.497 e. The third kappa shape index (κ3) is 3.98. The van der Waals surface area contributed by atoms with E-state index < -0.39 is 11.9 Å². The molecule has 0 fully saturated rings. The van der Waals surface area contributed by atoms with Gasteiger partial charge in [-0.2, -0.15) is 5.10 Å². The molecule has 0 saturated heterocycles. The van der Waals surface area contributed by atoms with Gasteiger partial charge in [-0.3, -0.25) is 14.7 Å². The highest BCUT2D eigenvalue weighted by atomic mass is 16.5. The number of amides is 2. The molecule has 2 aromatic carbocycles. The summed E-state index contributed by atoms with van der Waals surface area (Å²) >= 11 is 0. The number of carbonyl (C=O) groups is 2. The number of ether oxygens (including phenoxy) is 1. The number of nitrogens with one attached hydrogen (secondary N) is 3. The molecule has 0 aliphatic heterocycles. The Kier molecular flexibility index (Phi) is 5.51. The number of benzene rings is 2. The van der Waals surface area contributed by atoms with Gasteiger partial charge in [-0.15, -0.1) is 0 Å². The second-order valence-corrected chi connectivity index (χ2v) is 5.82. The number of likely N-dealkylation sites (N-methyl/N-ethyl adjacent to an activating group) is 1. The van der Waals surface area contributed by atoms with Crippen LogP contribution in [0.1, 0.15) is 22.0 Å². The Bertz CT molecular complexity index is 937. The fourth-order valence-corrected chi connectivity index (χ4v) is 2.76. The van der Waals surface area contributed by atoms with Crippen molar-refractivity contribution in [2.75, 3.05) is 14.2 Å². The molecule has 2 amide bonds. The first kappa shape index (κ1) is 18.2. The Morgan fingerprint density at radius 1 is 1.11 bits per heavy atom. The average molecular weight is 364 g/mol. The molecule has 0 aliphatic rings. The predicted molar refractivity (Wildman–Crippen MR) is 101 cm³/mol. The molecule has 7 nitrogen and oxygen atoms in total. The van der Waals surface area contributed by atoms with Crippen LogP contribution in [0.5, 0.6) is 5.75 Å². The third-order valence-corrected chi connectivity index (χ3v) is 4.16. The van der Waals surface area contributed by atoms with E-state index >= 15 is 0 Å². The minimum absolute atomic E-state index is 0.305. The zero-order chi connectivity index (χ0) is 19.2. The van der Waals surface area contributed by atoms with E-state index in [1.54, 1.807) is 25.3 Å². The van der Waals surface area contributed by atoms with Crippen molar-refractivity contribution >= 4 is 11.8 Å². The Balaban J connectivity index is 1.90. The maximum absolute atomic E-state index is 12.9. The van der Waals surface area contributed by atoms with E-state index in [1.807, 2.05) is 36.4 Å². The van der Waals surface area contributed by atoms with Gasteiger partial charge in [0.15, 0.2) is 0 Å². The summed E-state index contributed by atoms with van der Waals surface area (Å²) < 4.78 is 5.23. The van der Waals surface area contributed by atoms with Crippen LogP contribution in [0.15, 0.2) is 60.8 Å². The summed E-state index contributed by atoms with van der Waals surface area (Å²) in [6.07, 6.45) is 1.44. The molecule has 27 heavy (non-hydrogen) atoms. The van der Waals surface area contributed by atoms with Gasteiger partial charge in [-0.1, -0.05) is 42.5 Å². The summed E-state index contributed by atoms with van der Waals surface area (Å²) in [5.74, 6) is -0.0408. The molecule has 0 saturated carbocycles. The van der Waals surface area contributed by atoms with Crippen molar-refractivity contribution < 1.29 is 14.3 Å². The number of methoxy groups -OCH3 is 1. The van der Waals surface area contributed by atoms with Gasteiger partial charge in [0.25, 0.3) is 5.91 Å². The van der Waals surface area contributed by atoms with Crippen molar-refractivity contribution in [3.8, 4) is 17.0 Å². The van der Waals surface area contributed by atoms with E-state index in [2.05, 4.69) is 20.8 Å². The van der Waals surface area contributed by atoms with Gasteiger partial charge >= 0.3 is 0 Å². The lowest BCUT2D eigenvalue weighted by Gasteiger charge is -2.17. The monoisotopic (exact) mass is 364 g/mol. The van der Waals surface area contributed by atoms with E-state index in [-0.39, 0.29) is 5.91 Å². The van der Waals surface area contributed by atoms with Crippen molar-refractivity contribution in [3.63, 3.8) is 0 Å². The van der Waals surface area contributed by atoms with Crippen LogP contribution < -0.4 is 15.4 Å². The molecule has 0 unspecified atom stereocenters. The standard InChI is InChI=1S/C20H20N4O3/c1-21-20(26)18(13-7-4-3-5-8-13)23-19(25)16-12-22-24-17(16)14-9-6-10-15(11-14)27-2/h3-12,18H,1-2H3,(H,21,26)(H,22,24)(H,23,25)/t18-/m0/s1. The van der Waals surface area contributed by atoms with Crippen molar-refractivity contribution in [2.45, 2.75) is 6.04 Å². The second-order valence-electron chi connectivity index (χ2n) is 5.82. The summed E-state index contributed by atoms with van der Waals surface area (Å²) in [5.41, 5.74) is 2.34. The van der Waals surface area contributed by atoms with Crippen molar-refractivity contribution in [3.05, 3.63) is 71.9 Å². The summed E-state index contributed by atoms with van der Waals surface area (Å²) in [5, 5.41) is 12.2. The van der Waals surface area contributed by atoms with Gasteiger partial charge in [0.2, 0.25) is 5.91 Å². The largest absolute Gasteiger partial charge is 0.497 e. The van der Waals surface area contributed by atoms with Gasteiger partial charge < -0.3 is 15.4 Å². The molecule has 3 aromatic rings. The lowest BCUT2D eigenvalue weighted by molar-refractivity contribution is -0.122. The highest BCUT2D eigenvalue weighted by molar-refractivity contribution is 6.02. The van der Waals surface area contributed by atoms with E-state index in [9.17, 15) is 9.59 Å². The topological polar surface area (TPSA) is 96.1 Å². The van der Waals surface area contributed by atoms with Crippen LogP contribution in [0.2, 0.25) is 0 Å². The second kappa shape index (κ2) is 8.18. The first-order valence-electron chi connectivity index (χ1n) is 8.39. The molecule has 0 bridgehead atoms. The number of hydrogen-bond donors (Lipinski definition) is 3. The molecular weight excluding hydrogens is 344 g/mol. The maximum atomic E-state index is 12.9. The van der Waals surface area contributed by atoms with Gasteiger partial charge in [-0.25, -0.2) is 0 Å².